The average molecular weight is 551 g/mol. The van der Waals surface area contributed by atoms with E-state index < -0.39 is 25.1 Å². The van der Waals surface area contributed by atoms with Crippen LogP contribution in [0, 0.1) is 0 Å². The van der Waals surface area contributed by atoms with Crippen molar-refractivity contribution >= 4 is 42.4 Å². The number of unbranched alkanes of at least 4 members (excludes halogenated alkanes) is 3. The minimum Gasteiger partial charge on any atom is -0.450 e. The van der Waals surface area contributed by atoms with Gasteiger partial charge in [-0.15, -0.1) is 0 Å². The number of aliphatic imine (C=N–C) groups is 8. The largest absolute Gasteiger partial charge is 0.511 e. The number of alkyl carbamates (subject to hydrolysis) is 2. The molecule has 214 valence electrons. The first-order valence-corrected chi connectivity index (χ1v) is 11.9. The molecule has 0 aromatic rings. The minimum absolute atomic E-state index is 0.0412. The summed E-state index contributed by atoms with van der Waals surface area (Å²) in [6.45, 7) is 0.767. The Labute approximate surface area is 226 Å². The number of amides is 2. The highest BCUT2D eigenvalue weighted by Crippen LogP contribution is 1.96. The van der Waals surface area contributed by atoms with Gasteiger partial charge in [0, 0.05) is 27.2 Å². The molecule has 17 heteroatoms. The highest BCUT2D eigenvalue weighted by Gasteiger charge is 2.07. The van der Waals surface area contributed by atoms with Crippen LogP contribution in [0.25, 0.3) is 0 Å². The molecular formula is C22H34N10O7. The lowest BCUT2D eigenvalue weighted by Gasteiger charge is -2.08. The van der Waals surface area contributed by atoms with Crippen molar-refractivity contribution in [2.75, 3.05) is 67.2 Å². The number of carbonyl (C=O) groups is 3. The van der Waals surface area contributed by atoms with Crippen LogP contribution in [0.5, 0.6) is 0 Å². The third-order valence-corrected chi connectivity index (χ3v) is 3.78. The van der Waals surface area contributed by atoms with E-state index in [1.54, 1.807) is 7.05 Å². The fraction of sp³-hybridized carbons (Fsp3) is 0.682. The second kappa shape index (κ2) is 27.9. The summed E-state index contributed by atoms with van der Waals surface area (Å²) in [6.07, 6.45) is 0.888. The summed E-state index contributed by atoms with van der Waals surface area (Å²) in [5.74, 6) is 0. The van der Waals surface area contributed by atoms with E-state index in [0.717, 1.165) is 19.3 Å². The summed E-state index contributed by atoms with van der Waals surface area (Å²) < 4.78 is 19.1. The summed E-state index contributed by atoms with van der Waals surface area (Å²) in [7, 11) is 3.10. The number of rotatable bonds is 19. The van der Waals surface area contributed by atoms with Crippen LogP contribution in [0.3, 0.4) is 0 Å². The Morgan fingerprint density at radius 2 is 1.23 bits per heavy atom. The fourth-order valence-corrected chi connectivity index (χ4v) is 2.11. The monoisotopic (exact) mass is 550 g/mol. The zero-order valence-electron chi connectivity index (χ0n) is 22.1. The topological polar surface area (TPSA) is 211 Å². The third kappa shape index (κ3) is 27.8. The zero-order valence-corrected chi connectivity index (χ0v) is 22.1. The molecule has 0 aliphatic rings. The summed E-state index contributed by atoms with van der Waals surface area (Å²) in [5.41, 5.74) is 0. The van der Waals surface area contributed by atoms with Crippen molar-refractivity contribution in [2.24, 2.45) is 39.9 Å². The lowest BCUT2D eigenvalue weighted by molar-refractivity contribution is -0.0153. The van der Waals surface area contributed by atoms with Crippen molar-refractivity contribution in [3.63, 3.8) is 0 Å². The van der Waals surface area contributed by atoms with Crippen molar-refractivity contribution < 1.29 is 33.3 Å². The molecule has 0 saturated heterocycles. The van der Waals surface area contributed by atoms with E-state index in [1.165, 1.54) is 7.05 Å². The first-order valence-electron chi connectivity index (χ1n) is 11.9. The highest BCUT2D eigenvalue weighted by molar-refractivity contribution is 5.67. The van der Waals surface area contributed by atoms with Gasteiger partial charge >= 0.3 is 18.3 Å². The third-order valence-electron chi connectivity index (χ3n) is 3.78. The molecule has 0 atom stereocenters. The Bertz CT molecular complexity index is 960. The van der Waals surface area contributed by atoms with Crippen LogP contribution < -0.4 is 10.6 Å². The first kappa shape index (κ1) is 34.3. The molecular weight excluding hydrogens is 516 g/mol. The Kier molecular flexibility index (Phi) is 24.6. The quantitative estimate of drug-likeness (QED) is 0.0804. The molecule has 0 fully saturated rings. The number of hydrogen-bond donors (Lipinski definition) is 2. The van der Waals surface area contributed by atoms with Gasteiger partial charge in [0.1, 0.15) is 6.67 Å². The van der Waals surface area contributed by atoms with Gasteiger partial charge in [-0.3, -0.25) is 0 Å². The molecule has 0 aliphatic carbocycles. The molecule has 0 heterocycles. The van der Waals surface area contributed by atoms with Crippen LogP contribution in [0.4, 0.5) is 14.4 Å². The Morgan fingerprint density at radius 3 is 1.92 bits per heavy atom. The molecule has 0 unspecified atom stereocenters. The van der Waals surface area contributed by atoms with Crippen molar-refractivity contribution in [3.05, 3.63) is 0 Å². The predicted octanol–water partition coefficient (Wildman–Crippen LogP) is 2.33. The molecule has 0 aliphatic heterocycles. The lowest BCUT2D eigenvalue weighted by Crippen LogP contribution is -2.27. The molecule has 2 N–H and O–H groups in total. The molecule has 0 saturated carbocycles. The normalized spacial score (nSPS) is 8.97. The maximum atomic E-state index is 11.5. The van der Waals surface area contributed by atoms with Gasteiger partial charge < -0.3 is 29.6 Å². The van der Waals surface area contributed by atoms with Crippen LogP contribution in [-0.2, 0) is 18.9 Å². The second-order valence-corrected chi connectivity index (χ2v) is 6.76. The molecule has 39 heavy (non-hydrogen) atoms. The summed E-state index contributed by atoms with van der Waals surface area (Å²) in [6, 6.07) is 9.63. The van der Waals surface area contributed by atoms with E-state index in [1.807, 2.05) is 0 Å². The maximum absolute atomic E-state index is 11.5. The predicted molar refractivity (Wildman–Crippen MR) is 140 cm³/mol. The summed E-state index contributed by atoms with van der Waals surface area (Å²) in [4.78, 5) is 64.1. The Morgan fingerprint density at radius 1 is 0.615 bits per heavy atom. The van der Waals surface area contributed by atoms with Crippen LogP contribution in [0.2, 0.25) is 0 Å². The SMILES string of the molecule is CN=C=NCN=C=NCCCCCNC(=O)OCOC(=O)OCCCCOC(=O)NCN=C=NCN=C=NC. The maximum Gasteiger partial charge on any atom is 0.511 e. The minimum atomic E-state index is -0.983. The molecule has 0 aromatic carbocycles. The van der Waals surface area contributed by atoms with Crippen LogP contribution in [0.15, 0.2) is 39.9 Å². The molecule has 17 nitrogen and oxygen atoms in total. The van der Waals surface area contributed by atoms with Gasteiger partial charge in [0.05, 0.1) is 37.2 Å². The van der Waals surface area contributed by atoms with Gasteiger partial charge in [-0.05, 0) is 32.1 Å². The van der Waals surface area contributed by atoms with Crippen molar-refractivity contribution in [1.29, 1.82) is 0 Å². The smallest absolute Gasteiger partial charge is 0.450 e. The molecule has 0 aromatic heterocycles. The van der Waals surface area contributed by atoms with Crippen molar-refractivity contribution in [3.8, 4) is 0 Å². The van der Waals surface area contributed by atoms with Gasteiger partial charge in [-0.25, -0.2) is 54.3 Å². The van der Waals surface area contributed by atoms with E-state index in [9.17, 15) is 14.4 Å². The van der Waals surface area contributed by atoms with Crippen LogP contribution in [-0.4, -0.2) is 110 Å². The molecule has 0 rings (SSSR count). The molecule has 0 radical (unpaired) electrons. The van der Waals surface area contributed by atoms with E-state index in [4.69, 9.17) is 14.2 Å². The highest BCUT2D eigenvalue weighted by atomic mass is 16.8. The second-order valence-electron chi connectivity index (χ2n) is 6.76. The number of nitrogens with one attached hydrogen (secondary N) is 2. The number of carbonyl (C=O) groups excluding carboxylic acids is 3. The van der Waals surface area contributed by atoms with Crippen molar-refractivity contribution in [1.82, 2.24) is 10.6 Å². The average Bonchev–Trinajstić information content (AvgIpc) is 2.92. The molecule has 2 amide bonds. The first-order chi connectivity index (χ1) is 19.1. The summed E-state index contributed by atoms with van der Waals surface area (Å²) in [5, 5.41) is 4.91. The fourth-order valence-electron chi connectivity index (χ4n) is 2.11. The molecule has 0 bridgehead atoms. The van der Waals surface area contributed by atoms with Crippen LogP contribution >= 0.6 is 0 Å². The van der Waals surface area contributed by atoms with Crippen molar-refractivity contribution in [2.45, 2.75) is 32.1 Å². The van der Waals surface area contributed by atoms with Gasteiger partial charge in [0.15, 0.2) is 13.3 Å². The van der Waals surface area contributed by atoms with Gasteiger partial charge in [-0.1, -0.05) is 0 Å². The number of hydrogen-bond acceptors (Lipinski definition) is 15. The molecule has 0 spiro atoms. The van der Waals surface area contributed by atoms with Gasteiger partial charge in [-0.2, -0.15) is 0 Å². The van der Waals surface area contributed by atoms with Gasteiger partial charge in [0.2, 0.25) is 6.79 Å². The van der Waals surface area contributed by atoms with Crippen LogP contribution in [0.1, 0.15) is 32.1 Å². The lowest BCUT2D eigenvalue weighted by atomic mass is 10.2. The Balaban J connectivity index is 3.58. The van der Waals surface area contributed by atoms with Gasteiger partial charge in [0.25, 0.3) is 0 Å². The Hall–Kier alpha value is -4.67. The van der Waals surface area contributed by atoms with E-state index >= 15 is 0 Å². The number of ether oxygens (including phenoxy) is 4. The summed E-state index contributed by atoms with van der Waals surface area (Å²) >= 11 is 0. The zero-order chi connectivity index (χ0) is 28.7. The van der Waals surface area contributed by atoms with E-state index in [2.05, 4.69) is 79.3 Å². The standard InChI is InChI=1S/C22H34N10O7/c1-23-12-26-15-28-14-25-8-4-3-5-9-31-20(33)38-19-39-22(35)37-11-7-6-10-36-21(34)32-18-30-17-29-16-27-13-24-2/h3-11,15-16,18-19H2,1-2H3,(H,31,33)(H,32,34). The van der Waals surface area contributed by atoms with E-state index in [0.29, 0.717) is 25.9 Å². The van der Waals surface area contributed by atoms with E-state index in [-0.39, 0.29) is 33.2 Å². The number of nitrogens with zero attached hydrogens (tertiary/aromatic N) is 8.